The van der Waals surface area contributed by atoms with Gasteiger partial charge in [0, 0.05) is 38.6 Å². The summed E-state index contributed by atoms with van der Waals surface area (Å²) in [7, 11) is 1.75. The molecule has 0 spiro atoms. The number of pyridine rings is 2. The van der Waals surface area contributed by atoms with E-state index in [-0.39, 0.29) is 0 Å². The molecule has 8 nitrogen and oxygen atoms in total. The monoisotopic (exact) mass is 348 g/mol. The van der Waals surface area contributed by atoms with Crippen molar-refractivity contribution in [3.05, 3.63) is 66.5 Å². The molecule has 0 atom stereocenters. The van der Waals surface area contributed by atoms with Gasteiger partial charge in [-0.2, -0.15) is 0 Å². The minimum atomic E-state index is 0.541. The summed E-state index contributed by atoms with van der Waals surface area (Å²) in [5.41, 5.74) is 2.84. The second-order valence-electron chi connectivity index (χ2n) is 5.85. The number of aromatic nitrogens is 5. The van der Waals surface area contributed by atoms with Crippen LogP contribution in [0, 0.1) is 0 Å². The van der Waals surface area contributed by atoms with Crippen LogP contribution in [0.1, 0.15) is 11.5 Å². The summed E-state index contributed by atoms with van der Waals surface area (Å²) in [5, 5.41) is 14.9. The summed E-state index contributed by atoms with van der Waals surface area (Å²) >= 11 is 0. The number of rotatable bonds is 5. The molecular weight excluding hydrogens is 328 g/mol. The van der Waals surface area contributed by atoms with E-state index in [1.54, 1.807) is 7.05 Å². The molecule has 4 heterocycles. The highest BCUT2D eigenvalue weighted by Gasteiger charge is 2.06. The molecule has 8 heteroatoms. The van der Waals surface area contributed by atoms with Gasteiger partial charge in [-0.1, -0.05) is 12.1 Å². The van der Waals surface area contributed by atoms with Crippen molar-refractivity contribution in [3.8, 4) is 0 Å². The van der Waals surface area contributed by atoms with Crippen LogP contribution in [-0.2, 0) is 13.0 Å². The number of hydrogen-bond acceptors (Lipinski definition) is 4. The Balaban J connectivity index is 1.32. The molecule has 0 radical (unpaired) electrons. The summed E-state index contributed by atoms with van der Waals surface area (Å²) in [6.07, 6.45) is 6.82. The third kappa shape index (κ3) is 3.34. The second-order valence-corrected chi connectivity index (χ2v) is 5.85. The van der Waals surface area contributed by atoms with Gasteiger partial charge in [-0.3, -0.25) is 9.39 Å². The predicted octanol–water partition coefficient (Wildman–Crippen LogP) is 1.28. The lowest BCUT2D eigenvalue weighted by Gasteiger charge is -2.10. The SMILES string of the molecule is CN=C(NCCc1cn2ccccc2n1)NCc1nnc2ccccn12. The predicted molar refractivity (Wildman–Crippen MR) is 100 cm³/mol. The van der Waals surface area contributed by atoms with Gasteiger partial charge in [0.1, 0.15) is 5.65 Å². The van der Waals surface area contributed by atoms with Crippen molar-refractivity contribution in [2.75, 3.05) is 13.6 Å². The van der Waals surface area contributed by atoms with Crippen LogP contribution >= 0.6 is 0 Å². The topological polar surface area (TPSA) is 83.9 Å². The Hall–Kier alpha value is -3.42. The highest BCUT2D eigenvalue weighted by atomic mass is 15.3. The normalized spacial score (nSPS) is 12.0. The average molecular weight is 348 g/mol. The van der Waals surface area contributed by atoms with E-state index in [0.29, 0.717) is 6.54 Å². The molecule has 0 aliphatic heterocycles. The minimum absolute atomic E-state index is 0.541. The van der Waals surface area contributed by atoms with E-state index in [9.17, 15) is 0 Å². The zero-order chi connectivity index (χ0) is 17.8. The molecule has 0 amide bonds. The highest BCUT2D eigenvalue weighted by molar-refractivity contribution is 5.79. The summed E-state index contributed by atoms with van der Waals surface area (Å²) in [6.45, 7) is 1.28. The number of guanidine groups is 1. The Kier molecular flexibility index (Phi) is 4.46. The lowest BCUT2D eigenvalue weighted by atomic mass is 10.3. The first-order valence-electron chi connectivity index (χ1n) is 8.49. The third-order valence-electron chi connectivity index (χ3n) is 4.11. The molecule has 4 rings (SSSR count). The van der Waals surface area contributed by atoms with E-state index in [1.165, 1.54) is 0 Å². The fraction of sp³-hybridized carbons (Fsp3) is 0.222. The molecule has 0 fully saturated rings. The molecule has 0 aromatic carbocycles. The third-order valence-corrected chi connectivity index (χ3v) is 4.11. The molecule has 0 aliphatic rings. The van der Waals surface area contributed by atoms with Gasteiger partial charge in [0.2, 0.25) is 0 Å². The molecule has 4 aromatic heterocycles. The Morgan fingerprint density at radius 3 is 2.73 bits per heavy atom. The second kappa shape index (κ2) is 7.22. The van der Waals surface area contributed by atoms with Gasteiger partial charge in [0.05, 0.1) is 12.2 Å². The molecule has 0 bridgehead atoms. The first-order chi connectivity index (χ1) is 12.8. The van der Waals surface area contributed by atoms with Crippen molar-refractivity contribution in [2.45, 2.75) is 13.0 Å². The van der Waals surface area contributed by atoms with Gasteiger partial charge >= 0.3 is 0 Å². The fourth-order valence-corrected chi connectivity index (χ4v) is 2.81. The standard InChI is InChI=1S/C18H20N8/c1-19-18(21-12-17-24-23-16-7-3-5-11-26(16)17)20-9-8-14-13-25-10-4-2-6-15(25)22-14/h2-7,10-11,13H,8-9,12H2,1H3,(H2,19,20,21). The van der Waals surface area contributed by atoms with Gasteiger partial charge < -0.3 is 15.0 Å². The maximum Gasteiger partial charge on any atom is 0.191 e. The van der Waals surface area contributed by atoms with Gasteiger partial charge in [0.15, 0.2) is 17.4 Å². The van der Waals surface area contributed by atoms with E-state index < -0.39 is 0 Å². The van der Waals surface area contributed by atoms with Crippen molar-refractivity contribution in [1.82, 2.24) is 34.6 Å². The minimum Gasteiger partial charge on any atom is -0.356 e. The van der Waals surface area contributed by atoms with Crippen LogP contribution in [-0.4, -0.2) is 43.5 Å². The molecule has 4 aromatic rings. The Labute approximate surface area is 150 Å². The molecule has 26 heavy (non-hydrogen) atoms. The molecule has 132 valence electrons. The lowest BCUT2D eigenvalue weighted by molar-refractivity contribution is 0.754. The van der Waals surface area contributed by atoms with Crippen LogP contribution in [0.2, 0.25) is 0 Å². The van der Waals surface area contributed by atoms with Crippen LogP contribution in [0.3, 0.4) is 0 Å². The van der Waals surface area contributed by atoms with Crippen molar-refractivity contribution < 1.29 is 0 Å². The van der Waals surface area contributed by atoms with E-state index in [2.05, 4.69) is 37.0 Å². The number of aliphatic imine (C=N–C) groups is 1. The molecular formula is C18H20N8. The molecule has 0 saturated carbocycles. The van der Waals surface area contributed by atoms with E-state index in [4.69, 9.17) is 0 Å². The summed E-state index contributed by atoms with van der Waals surface area (Å²) in [5.74, 6) is 1.56. The van der Waals surface area contributed by atoms with Crippen molar-refractivity contribution >= 4 is 17.3 Å². The molecule has 0 aliphatic carbocycles. The quantitative estimate of drug-likeness (QED) is 0.419. The lowest BCUT2D eigenvalue weighted by Crippen LogP contribution is -2.38. The number of hydrogen-bond donors (Lipinski definition) is 2. The van der Waals surface area contributed by atoms with Gasteiger partial charge in [-0.05, 0) is 24.3 Å². The van der Waals surface area contributed by atoms with Crippen molar-refractivity contribution in [2.24, 2.45) is 4.99 Å². The van der Waals surface area contributed by atoms with Crippen LogP contribution in [0.15, 0.2) is 60.0 Å². The highest BCUT2D eigenvalue weighted by Crippen LogP contribution is 2.05. The van der Waals surface area contributed by atoms with E-state index >= 15 is 0 Å². The largest absolute Gasteiger partial charge is 0.356 e. The number of nitrogens with one attached hydrogen (secondary N) is 2. The maximum absolute atomic E-state index is 4.60. The van der Waals surface area contributed by atoms with Gasteiger partial charge in [0.25, 0.3) is 0 Å². The van der Waals surface area contributed by atoms with Gasteiger partial charge in [-0.15, -0.1) is 10.2 Å². The molecule has 0 saturated heterocycles. The summed E-state index contributed by atoms with van der Waals surface area (Å²) in [4.78, 5) is 8.85. The number of nitrogens with zero attached hydrogens (tertiary/aromatic N) is 6. The maximum atomic E-state index is 4.60. The Morgan fingerprint density at radius 1 is 1.04 bits per heavy atom. The first-order valence-corrected chi connectivity index (χ1v) is 8.49. The number of imidazole rings is 1. The number of fused-ring (bicyclic) bond motifs is 2. The van der Waals surface area contributed by atoms with Crippen LogP contribution in [0.4, 0.5) is 0 Å². The van der Waals surface area contributed by atoms with Gasteiger partial charge in [-0.25, -0.2) is 4.98 Å². The Bertz CT molecular complexity index is 1010. The Morgan fingerprint density at radius 2 is 1.88 bits per heavy atom. The van der Waals surface area contributed by atoms with Crippen molar-refractivity contribution in [1.29, 1.82) is 0 Å². The fourth-order valence-electron chi connectivity index (χ4n) is 2.81. The van der Waals surface area contributed by atoms with Crippen molar-refractivity contribution in [3.63, 3.8) is 0 Å². The van der Waals surface area contributed by atoms with E-state index in [0.717, 1.165) is 41.7 Å². The summed E-state index contributed by atoms with van der Waals surface area (Å²) < 4.78 is 3.98. The van der Waals surface area contributed by atoms with Crippen LogP contribution in [0.5, 0.6) is 0 Å². The zero-order valence-corrected chi connectivity index (χ0v) is 14.5. The molecule has 0 unspecified atom stereocenters. The van der Waals surface area contributed by atoms with Crippen LogP contribution < -0.4 is 10.6 Å². The smallest absolute Gasteiger partial charge is 0.191 e. The summed E-state index contributed by atoms with van der Waals surface area (Å²) in [6, 6.07) is 11.8. The zero-order valence-electron chi connectivity index (χ0n) is 14.5. The molecule has 2 N–H and O–H groups in total. The average Bonchev–Trinajstić information content (AvgIpc) is 3.28. The first kappa shape index (κ1) is 16.1. The van der Waals surface area contributed by atoms with Crippen LogP contribution in [0.25, 0.3) is 11.3 Å². The van der Waals surface area contributed by atoms with E-state index in [1.807, 2.05) is 57.6 Å².